The topological polar surface area (TPSA) is 39.8 Å². The number of aromatic nitrogens is 3. The predicted molar refractivity (Wildman–Crippen MR) is 111 cm³/mol. The second kappa shape index (κ2) is 8.28. The zero-order chi connectivity index (χ0) is 18.6. The lowest BCUT2D eigenvalue weighted by Crippen LogP contribution is -2.23. The average Bonchev–Trinajstić information content (AvgIpc) is 3.02. The van der Waals surface area contributed by atoms with Crippen molar-refractivity contribution < 1.29 is 0 Å². The van der Waals surface area contributed by atoms with Crippen LogP contribution >= 0.6 is 0 Å². The second-order valence-corrected chi connectivity index (χ2v) is 8.15. The molecule has 1 fully saturated rings. The van der Waals surface area contributed by atoms with E-state index in [4.69, 9.17) is 5.10 Å². The third kappa shape index (κ3) is 3.80. The van der Waals surface area contributed by atoms with E-state index in [1.54, 1.807) is 4.68 Å². The maximum absolute atomic E-state index is 13.1. The Morgan fingerprint density at radius 1 is 1.07 bits per heavy atom. The molecule has 4 nitrogen and oxygen atoms in total. The summed E-state index contributed by atoms with van der Waals surface area (Å²) in [4.78, 5) is 13.1. The van der Waals surface area contributed by atoms with E-state index in [2.05, 4.69) is 35.9 Å². The Bertz CT molecular complexity index is 917. The Hall–Kier alpha value is -2.10. The van der Waals surface area contributed by atoms with Crippen molar-refractivity contribution in [1.29, 1.82) is 0 Å². The van der Waals surface area contributed by atoms with Crippen LogP contribution in [0.1, 0.15) is 64.7 Å². The summed E-state index contributed by atoms with van der Waals surface area (Å²) in [6.45, 7) is 3.97. The van der Waals surface area contributed by atoms with Crippen LogP contribution in [-0.2, 0) is 13.1 Å². The van der Waals surface area contributed by atoms with Gasteiger partial charge in [-0.25, -0.2) is 4.68 Å². The molecule has 1 aromatic rings. The van der Waals surface area contributed by atoms with Gasteiger partial charge in [0.05, 0.1) is 11.1 Å². The number of hydrogen-bond donors (Lipinski definition) is 0. The summed E-state index contributed by atoms with van der Waals surface area (Å²) < 4.78 is 4.01. The number of pyridine rings is 1. The van der Waals surface area contributed by atoms with E-state index in [1.165, 1.54) is 56.9 Å². The fraction of sp³-hybridized carbons (Fsp3) is 0.565. The molecule has 0 bridgehead atoms. The molecule has 3 aliphatic rings. The Balaban J connectivity index is 1.70. The highest BCUT2D eigenvalue weighted by Gasteiger charge is 2.22. The van der Waals surface area contributed by atoms with Gasteiger partial charge in [-0.3, -0.25) is 4.79 Å². The summed E-state index contributed by atoms with van der Waals surface area (Å²) in [7, 11) is 0. The van der Waals surface area contributed by atoms with Crippen LogP contribution < -0.4 is 5.56 Å². The van der Waals surface area contributed by atoms with E-state index in [0.29, 0.717) is 5.92 Å². The molecule has 0 unspecified atom stereocenters. The summed E-state index contributed by atoms with van der Waals surface area (Å²) in [6.07, 6.45) is 13.3. The molecule has 27 heavy (non-hydrogen) atoms. The van der Waals surface area contributed by atoms with E-state index in [-0.39, 0.29) is 5.56 Å². The zero-order valence-corrected chi connectivity index (χ0v) is 16.5. The van der Waals surface area contributed by atoms with Crippen LogP contribution in [0.2, 0.25) is 0 Å². The molecule has 0 saturated heterocycles. The standard InChI is InChI=1S/C23H31N3O/c1-2-3-4-10-15-25-17-20-22(19-13-8-9-14-21(19)25)24-26(23(20)27)16-18-11-6-5-7-12-18/h8-9,13-14,17-18H,2-7,10-12,15-16H2,1H3. The van der Waals surface area contributed by atoms with Crippen molar-refractivity contribution in [1.82, 2.24) is 14.3 Å². The average molecular weight is 366 g/mol. The minimum atomic E-state index is 0.0867. The van der Waals surface area contributed by atoms with Crippen LogP contribution in [0.15, 0.2) is 35.3 Å². The van der Waals surface area contributed by atoms with Gasteiger partial charge >= 0.3 is 0 Å². The maximum Gasteiger partial charge on any atom is 0.277 e. The van der Waals surface area contributed by atoms with Gasteiger partial charge in [0, 0.05) is 24.7 Å². The molecule has 0 aromatic heterocycles. The highest BCUT2D eigenvalue weighted by molar-refractivity contribution is 5.93. The Morgan fingerprint density at radius 3 is 2.70 bits per heavy atom. The van der Waals surface area contributed by atoms with Gasteiger partial charge in [0.2, 0.25) is 0 Å². The Kier molecular flexibility index (Phi) is 5.61. The molecule has 1 aromatic carbocycles. The van der Waals surface area contributed by atoms with Crippen molar-refractivity contribution in [3.05, 3.63) is 40.8 Å². The van der Waals surface area contributed by atoms with Gasteiger partial charge in [0.1, 0.15) is 5.69 Å². The zero-order valence-electron chi connectivity index (χ0n) is 16.5. The van der Waals surface area contributed by atoms with E-state index < -0.39 is 0 Å². The SMILES string of the molecule is CCCCCCn1cc2c(=O)n(CC3CCCCC3)nc-2c2ccccc21. The summed E-state index contributed by atoms with van der Waals surface area (Å²) in [5.41, 5.74) is 2.92. The smallest absolute Gasteiger partial charge is 0.277 e. The van der Waals surface area contributed by atoms with Gasteiger partial charge < -0.3 is 4.57 Å². The highest BCUT2D eigenvalue weighted by Crippen LogP contribution is 2.29. The van der Waals surface area contributed by atoms with Crippen molar-refractivity contribution in [2.75, 3.05) is 0 Å². The van der Waals surface area contributed by atoms with Crippen LogP contribution in [0, 0.1) is 5.92 Å². The van der Waals surface area contributed by atoms with E-state index in [0.717, 1.165) is 36.2 Å². The molecular formula is C23H31N3O. The minimum absolute atomic E-state index is 0.0867. The van der Waals surface area contributed by atoms with Gasteiger partial charge in [-0.15, -0.1) is 0 Å². The van der Waals surface area contributed by atoms with Gasteiger partial charge in [-0.2, -0.15) is 5.10 Å². The first-order valence-electron chi connectivity index (χ1n) is 10.8. The number of benzene rings is 1. The quantitative estimate of drug-likeness (QED) is 0.521. The summed E-state index contributed by atoms with van der Waals surface area (Å²) in [5, 5.41) is 5.88. The van der Waals surface area contributed by atoms with Crippen molar-refractivity contribution in [3.8, 4) is 11.3 Å². The number of unbranched alkanes of at least 4 members (excludes halogenated alkanes) is 3. The Morgan fingerprint density at radius 2 is 1.89 bits per heavy atom. The molecule has 0 spiro atoms. The Labute approximate surface area is 161 Å². The molecular weight excluding hydrogens is 334 g/mol. The maximum atomic E-state index is 13.1. The largest absolute Gasteiger partial charge is 0.347 e. The second-order valence-electron chi connectivity index (χ2n) is 8.15. The van der Waals surface area contributed by atoms with E-state index in [1.807, 2.05) is 6.07 Å². The lowest BCUT2D eigenvalue weighted by Gasteiger charge is -2.20. The van der Waals surface area contributed by atoms with E-state index >= 15 is 0 Å². The van der Waals surface area contributed by atoms with Crippen LogP contribution in [0.25, 0.3) is 22.2 Å². The predicted octanol–water partition coefficient (Wildman–Crippen LogP) is 5.46. The van der Waals surface area contributed by atoms with Gasteiger partial charge in [-0.05, 0) is 31.2 Å². The molecule has 0 N–H and O–H groups in total. The third-order valence-corrected chi connectivity index (χ3v) is 6.10. The van der Waals surface area contributed by atoms with Crippen molar-refractivity contribution in [2.24, 2.45) is 5.92 Å². The van der Waals surface area contributed by atoms with Crippen LogP contribution in [0.5, 0.6) is 0 Å². The fourth-order valence-corrected chi connectivity index (χ4v) is 4.56. The molecule has 2 aliphatic heterocycles. The molecule has 1 saturated carbocycles. The normalized spacial score (nSPS) is 15.7. The van der Waals surface area contributed by atoms with Crippen molar-refractivity contribution in [3.63, 3.8) is 0 Å². The van der Waals surface area contributed by atoms with E-state index in [9.17, 15) is 4.79 Å². The summed E-state index contributed by atoms with van der Waals surface area (Å²) in [6, 6.07) is 8.39. The number of hydrogen-bond acceptors (Lipinski definition) is 2. The third-order valence-electron chi connectivity index (χ3n) is 6.10. The number of rotatable bonds is 7. The minimum Gasteiger partial charge on any atom is -0.347 e. The van der Waals surface area contributed by atoms with Crippen molar-refractivity contribution >= 4 is 10.9 Å². The molecule has 0 radical (unpaired) electrons. The molecule has 1 aliphatic carbocycles. The highest BCUT2D eigenvalue weighted by atomic mass is 16.1. The first-order chi connectivity index (χ1) is 13.3. The first-order valence-corrected chi connectivity index (χ1v) is 10.8. The van der Waals surface area contributed by atoms with Crippen LogP contribution in [0.3, 0.4) is 0 Å². The first kappa shape index (κ1) is 18.3. The molecule has 2 heterocycles. The van der Waals surface area contributed by atoms with Gasteiger partial charge in [-0.1, -0.05) is 63.6 Å². The number of aryl methyl sites for hydroxylation is 1. The molecule has 0 amide bonds. The van der Waals surface area contributed by atoms with Gasteiger partial charge in [0.15, 0.2) is 0 Å². The summed E-state index contributed by atoms with van der Waals surface area (Å²) in [5.74, 6) is 0.605. The fourth-order valence-electron chi connectivity index (χ4n) is 4.56. The molecule has 144 valence electrons. The van der Waals surface area contributed by atoms with Gasteiger partial charge in [0.25, 0.3) is 5.56 Å². The molecule has 0 atom stereocenters. The van der Waals surface area contributed by atoms with Crippen molar-refractivity contribution in [2.45, 2.75) is 77.8 Å². The summed E-state index contributed by atoms with van der Waals surface area (Å²) >= 11 is 0. The molecule has 4 rings (SSSR count). The van der Waals surface area contributed by atoms with Crippen LogP contribution in [-0.4, -0.2) is 14.3 Å². The molecule has 4 heteroatoms. The number of nitrogens with zero attached hydrogens (tertiary/aromatic N) is 3. The number of para-hydroxylation sites is 1. The lowest BCUT2D eigenvalue weighted by atomic mass is 9.89. The monoisotopic (exact) mass is 365 g/mol. The lowest BCUT2D eigenvalue weighted by molar-refractivity contribution is 0.305. The number of fused-ring (bicyclic) bond motifs is 3. The van der Waals surface area contributed by atoms with Crippen LogP contribution in [0.4, 0.5) is 0 Å².